The van der Waals surface area contributed by atoms with E-state index in [2.05, 4.69) is 41.9 Å². The average molecular weight is 411 g/mol. The minimum atomic E-state index is 0.0334. The summed E-state index contributed by atoms with van der Waals surface area (Å²) in [7, 11) is 0. The maximum atomic E-state index is 12.8. The average Bonchev–Trinajstić information content (AvgIpc) is 3.23. The van der Waals surface area contributed by atoms with Crippen LogP contribution in [-0.2, 0) is 6.42 Å². The molecule has 1 aliphatic rings. The van der Waals surface area contributed by atoms with Crippen molar-refractivity contribution in [2.45, 2.75) is 19.8 Å². The molecule has 1 N–H and O–H groups in total. The fourth-order valence-electron chi connectivity index (χ4n) is 3.20. The zero-order chi connectivity index (χ0) is 20.1. The number of aryl methyl sites for hydroxylation is 1. The van der Waals surface area contributed by atoms with E-state index in [1.807, 2.05) is 29.2 Å². The van der Waals surface area contributed by atoms with E-state index in [4.69, 9.17) is 0 Å². The molecule has 0 unspecified atom stereocenters. The van der Waals surface area contributed by atoms with Crippen LogP contribution in [0.25, 0.3) is 0 Å². The quantitative estimate of drug-likeness (QED) is 0.661. The molecule has 3 aromatic heterocycles. The normalized spacial score (nSPS) is 14.1. The molecule has 0 aromatic carbocycles. The lowest BCUT2D eigenvalue weighted by molar-refractivity contribution is 0.0750. The van der Waals surface area contributed by atoms with Crippen LogP contribution in [0.4, 0.5) is 17.3 Å². The minimum absolute atomic E-state index is 0.0334. The monoisotopic (exact) mass is 410 g/mol. The number of anilines is 3. The maximum absolute atomic E-state index is 12.8. The van der Waals surface area contributed by atoms with Crippen molar-refractivity contribution in [1.82, 2.24) is 29.7 Å². The molecule has 0 aliphatic carbocycles. The number of aromatic nitrogens is 5. The van der Waals surface area contributed by atoms with E-state index in [0.717, 1.165) is 30.0 Å². The smallest absolute Gasteiger partial charge is 0.267 e. The molecule has 0 bridgehead atoms. The Hall–Kier alpha value is -3.14. The first-order valence-electron chi connectivity index (χ1n) is 9.61. The fourth-order valence-corrected chi connectivity index (χ4v) is 3.87. The van der Waals surface area contributed by atoms with Crippen molar-refractivity contribution in [1.29, 1.82) is 0 Å². The molecule has 9 nitrogen and oxygen atoms in total. The van der Waals surface area contributed by atoms with Crippen molar-refractivity contribution in [2.75, 3.05) is 36.4 Å². The number of hydrogen-bond donors (Lipinski definition) is 1. The zero-order valence-corrected chi connectivity index (χ0v) is 17.0. The molecule has 10 heteroatoms. The highest BCUT2D eigenvalue weighted by Gasteiger charge is 2.26. The summed E-state index contributed by atoms with van der Waals surface area (Å²) in [5, 5.41) is 15.9. The number of piperazine rings is 1. The van der Waals surface area contributed by atoms with Crippen LogP contribution in [0.15, 0.2) is 36.7 Å². The number of nitrogens with one attached hydrogen (secondary N) is 1. The van der Waals surface area contributed by atoms with E-state index < -0.39 is 0 Å². The van der Waals surface area contributed by atoms with Gasteiger partial charge in [-0.2, -0.15) is 0 Å². The summed E-state index contributed by atoms with van der Waals surface area (Å²) in [6.45, 7) is 4.78. The Kier molecular flexibility index (Phi) is 5.89. The van der Waals surface area contributed by atoms with E-state index in [1.54, 1.807) is 12.4 Å². The lowest BCUT2D eigenvalue weighted by atomic mass is 10.2. The molecule has 4 rings (SSSR count). The van der Waals surface area contributed by atoms with Gasteiger partial charge in [0.05, 0.1) is 5.69 Å². The van der Waals surface area contributed by atoms with Gasteiger partial charge in [0, 0.05) is 44.3 Å². The first-order chi connectivity index (χ1) is 14.2. The van der Waals surface area contributed by atoms with Gasteiger partial charge in [-0.15, -0.1) is 15.3 Å². The van der Waals surface area contributed by atoms with Crippen LogP contribution in [0.2, 0.25) is 0 Å². The van der Waals surface area contributed by atoms with E-state index in [-0.39, 0.29) is 5.91 Å². The molecule has 29 heavy (non-hydrogen) atoms. The molecule has 0 spiro atoms. The summed E-state index contributed by atoms with van der Waals surface area (Å²) in [6.07, 6.45) is 5.17. The van der Waals surface area contributed by atoms with Crippen molar-refractivity contribution in [3.8, 4) is 0 Å². The van der Waals surface area contributed by atoms with Crippen LogP contribution in [0.5, 0.6) is 0 Å². The van der Waals surface area contributed by atoms with Gasteiger partial charge in [0.2, 0.25) is 0 Å². The van der Waals surface area contributed by atoms with Gasteiger partial charge < -0.3 is 15.1 Å². The van der Waals surface area contributed by atoms with Crippen LogP contribution >= 0.6 is 11.5 Å². The van der Waals surface area contributed by atoms with Gasteiger partial charge in [-0.05, 0) is 42.2 Å². The number of hydrogen-bond acceptors (Lipinski definition) is 9. The third-order valence-electron chi connectivity index (χ3n) is 4.73. The summed E-state index contributed by atoms with van der Waals surface area (Å²) in [6, 6.07) is 7.59. The Bertz CT molecular complexity index is 938. The van der Waals surface area contributed by atoms with Gasteiger partial charge in [0.25, 0.3) is 5.91 Å². The predicted molar refractivity (Wildman–Crippen MR) is 112 cm³/mol. The molecule has 150 valence electrons. The van der Waals surface area contributed by atoms with Gasteiger partial charge in [0.15, 0.2) is 11.6 Å². The van der Waals surface area contributed by atoms with E-state index >= 15 is 0 Å². The molecule has 1 amide bonds. The van der Waals surface area contributed by atoms with Crippen molar-refractivity contribution in [3.05, 3.63) is 47.2 Å². The lowest BCUT2D eigenvalue weighted by Gasteiger charge is -2.35. The molecule has 0 radical (unpaired) electrons. The molecule has 0 saturated carbocycles. The van der Waals surface area contributed by atoms with Crippen LogP contribution in [0, 0.1) is 0 Å². The standard InChI is InChI=1S/C19H22N8OS/c1-2-3-15-18(29-25-22-15)19(28)27-12-10-26(11-13-27)17-5-4-16(23-24-17)21-14-6-8-20-9-7-14/h4-9H,2-3,10-13H2,1H3,(H,20,21,23). The summed E-state index contributed by atoms with van der Waals surface area (Å²) in [4.78, 5) is 21.5. The van der Waals surface area contributed by atoms with E-state index in [1.165, 1.54) is 11.5 Å². The fraction of sp³-hybridized carbons (Fsp3) is 0.368. The van der Waals surface area contributed by atoms with Gasteiger partial charge in [0.1, 0.15) is 4.88 Å². The van der Waals surface area contributed by atoms with Crippen LogP contribution < -0.4 is 10.2 Å². The molecule has 1 aliphatic heterocycles. The predicted octanol–water partition coefficient (Wildman–Crippen LogP) is 2.38. The van der Waals surface area contributed by atoms with Gasteiger partial charge in [-0.1, -0.05) is 17.8 Å². The SMILES string of the molecule is CCCc1nnsc1C(=O)N1CCN(c2ccc(Nc3ccncc3)nn2)CC1. The topological polar surface area (TPSA) is 100 Å². The van der Waals surface area contributed by atoms with E-state index in [0.29, 0.717) is 36.9 Å². The van der Waals surface area contributed by atoms with E-state index in [9.17, 15) is 4.79 Å². The van der Waals surface area contributed by atoms with Crippen molar-refractivity contribution in [3.63, 3.8) is 0 Å². The number of carbonyl (C=O) groups is 1. The Morgan fingerprint density at radius 2 is 1.86 bits per heavy atom. The number of pyridine rings is 1. The largest absolute Gasteiger partial charge is 0.352 e. The second kappa shape index (κ2) is 8.91. The summed E-state index contributed by atoms with van der Waals surface area (Å²) >= 11 is 1.19. The Balaban J connectivity index is 1.34. The first-order valence-corrected chi connectivity index (χ1v) is 10.4. The summed E-state index contributed by atoms with van der Waals surface area (Å²) in [5.41, 5.74) is 1.72. The second-order valence-electron chi connectivity index (χ2n) is 6.72. The van der Waals surface area contributed by atoms with Gasteiger partial charge >= 0.3 is 0 Å². The van der Waals surface area contributed by atoms with Crippen LogP contribution in [-0.4, -0.2) is 61.8 Å². The molecule has 3 aromatic rings. The first kappa shape index (κ1) is 19.2. The molecule has 4 heterocycles. The molecule has 1 saturated heterocycles. The van der Waals surface area contributed by atoms with Crippen molar-refractivity contribution < 1.29 is 4.79 Å². The van der Waals surface area contributed by atoms with Crippen LogP contribution in [0.1, 0.15) is 28.7 Å². The Morgan fingerprint density at radius 1 is 1.07 bits per heavy atom. The van der Waals surface area contributed by atoms with Gasteiger partial charge in [-0.25, -0.2) is 0 Å². The Morgan fingerprint density at radius 3 is 2.55 bits per heavy atom. The molecule has 0 atom stereocenters. The highest BCUT2D eigenvalue weighted by Crippen LogP contribution is 2.20. The zero-order valence-electron chi connectivity index (χ0n) is 16.2. The number of nitrogens with zero attached hydrogens (tertiary/aromatic N) is 7. The summed E-state index contributed by atoms with van der Waals surface area (Å²) < 4.78 is 3.96. The number of rotatable bonds is 6. The minimum Gasteiger partial charge on any atom is -0.352 e. The lowest BCUT2D eigenvalue weighted by Crippen LogP contribution is -2.49. The molecule has 1 fully saturated rings. The van der Waals surface area contributed by atoms with Crippen LogP contribution in [0.3, 0.4) is 0 Å². The molecular formula is C19H22N8OS. The highest BCUT2D eigenvalue weighted by atomic mass is 32.1. The van der Waals surface area contributed by atoms with Crippen molar-refractivity contribution in [2.24, 2.45) is 0 Å². The third kappa shape index (κ3) is 4.48. The highest BCUT2D eigenvalue weighted by molar-refractivity contribution is 7.08. The molecular weight excluding hydrogens is 388 g/mol. The van der Waals surface area contributed by atoms with Crippen molar-refractivity contribution >= 4 is 34.8 Å². The third-order valence-corrected chi connectivity index (χ3v) is 5.49. The number of amides is 1. The van der Waals surface area contributed by atoms with Gasteiger partial charge in [-0.3, -0.25) is 9.78 Å². The summed E-state index contributed by atoms with van der Waals surface area (Å²) in [5.74, 6) is 1.52. The maximum Gasteiger partial charge on any atom is 0.267 e. The number of carbonyl (C=O) groups excluding carboxylic acids is 1. The Labute approximate surface area is 173 Å². The second-order valence-corrected chi connectivity index (χ2v) is 7.47.